The molecule has 0 saturated carbocycles. The van der Waals surface area contributed by atoms with E-state index in [1.165, 1.54) is 0 Å². The average Bonchev–Trinajstić information content (AvgIpc) is 3.29. The molecule has 0 N–H and O–H groups in total. The number of aromatic nitrogens is 4. The molecule has 0 atom stereocenters. The Labute approximate surface area is 190 Å². The molecule has 2 aromatic heterocycles. The summed E-state index contributed by atoms with van der Waals surface area (Å²) < 4.78 is 13.6. The van der Waals surface area contributed by atoms with Crippen LogP contribution in [0.3, 0.4) is 0 Å². The molecule has 1 fully saturated rings. The highest BCUT2D eigenvalue weighted by atomic mass is 16.5. The highest BCUT2D eigenvalue weighted by Gasteiger charge is 2.43. The summed E-state index contributed by atoms with van der Waals surface area (Å²) in [6.45, 7) is 1.46. The van der Waals surface area contributed by atoms with Crippen LogP contribution in [0.2, 0.25) is 0 Å². The molecule has 0 amide bonds. The first-order chi connectivity index (χ1) is 16.2. The Hall–Kier alpha value is -3.94. The van der Waals surface area contributed by atoms with Crippen molar-refractivity contribution in [2.24, 2.45) is 0 Å². The first kappa shape index (κ1) is 19.7. The molecule has 0 unspecified atom stereocenters. The maximum Gasteiger partial charge on any atom is 0.170 e. The molecule has 2 aliphatic rings. The Kier molecular flexibility index (Phi) is 4.53. The number of nitrogens with zero attached hydrogens (tertiary/aromatic N) is 5. The Balaban J connectivity index is 1.26. The Morgan fingerprint density at radius 2 is 1.88 bits per heavy atom. The number of para-hydroxylation sites is 1. The fourth-order valence-corrected chi connectivity index (χ4v) is 4.85. The van der Waals surface area contributed by atoms with E-state index in [4.69, 9.17) is 9.47 Å². The second-order valence-corrected chi connectivity index (χ2v) is 8.56. The molecule has 2 aliphatic heterocycles. The quantitative estimate of drug-likeness (QED) is 0.478. The van der Waals surface area contributed by atoms with Crippen molar-refractivity contribution >= 4 is 22.6 Å². The number of rotatable bonds is 3. The first-order valence-electron chi connectivity index (χ1n) is 11.1. The molecule has 0 aliphatic carbocycles. The highest BCUT2D eigenvalue weighted by Crippen LogP contribution is 2.41. The van der Waals surface area contributed by atoms with Crippen LogP contribution < -0.4 is 14.4 Å². The first-order valence-corrected chi connectivity index (χ1v) is 11.1. The van der Waals surface area contributed by atoms with Crippen molar-refractivity contribution in [3.63, 3.8) is 0 Å². The number of carbonyl (C=O) groups excluding carboxylic acids is 1. The van der Waals surface area contributed by atoms with Crippen LogP contribution in [0.4, 0.5) is 5.82 Å². The molecule has 6 rings (SSSR count). The number of anilines is 1. The van der Waals surface area contributed by atoms with Gasteiger partial charge in [0.25, 0.3) is 0 Å². The zero-order valence-electron chi connectivity index (χ0n) is 18.3. The van der Waals surface area contributed by atoms with Crippen molar-refractivity contribution in [2.45, 2.75) is 24.9 Å². The van der Waals surface area contributed by atoms with Gasteiger partial charge in [0.15, 0.2) is 11.4 Å². The van der Waals surface area contributed by atoms with Gasteiger partial charge in [0, 0.05) is 32.0 Å². The molecule has 0 radical (unpaired) electrons. The standard InChI is InChI=1S/C25H23N5O3/c1-32-18-7-8-19-21(31)14-25(33-22(19)13-18)9-11-29(12-10-25)23-20-15-28-30(24(20)27-16-26-23)17-5-3-2-4-6-17/h2-8,13,15-16H,9-12,14H2,1H3. The van der Waals surface area contributed by atoms with Gasteiger partial charge in [-0.3, -0.25) is 4.79 Å². The van der Waals surface area contributed by atoms with E-state index in [0.29, 0.717) is 23.5 Å². The maximum atomic E-state index is 12.9. The maximum absolute atomic E-state index is 12.9. The van der Waals surface area contributed by atoms with Gasteiger partial charge in [-0.25, -0.2) is 14.6 Å². The van der Waals surface area contributed by atoms with Crippen molar-refractivity contribution in [1.82, 2.24) is 19.7 Å². The predicted molar refractivity (Wildman–Crippen MR) is 123 cm³/mol. The second kappa shape index (κ2) is 7.58. The van der Waals surface area contributed by atoms with E-state index in [2.05, 4.69) is 20.0 Å². The predicted octanol–water partition coefficient (Wildman–Crippen LogP) is 3.83. The minimum Gasteiger partial charge on any atom is -0.497 e. The van der Waals surface area contributed by atoms with Crippen molar-refractivity contribution in [2.75, 3.05) is 25.1 Å². The van der Waals surface area contributed by atoms with Crippen LogP contribution in [0.1, 0.15) is 29.6 Å². The van der Waals surface area contributed by atoms with Crippen LogP contribution in [-0.2, 0) is 0 Å². The molecule has 2 aromatic carbocycles. The number of carbonyl (C=O) groups is 1. The average molecular weight is 441 g/mol. The summed E-state index contributed by atoms with van der Waals surface area (Å²) in [7, 11) is 1.61. The van der Waals surface area contributed by atoms with E-state index in [-0.39, 0.29) is 5.78 Å². The van der Waals surface area contributed by atoms with Crippen molar-refractivity contribution in [1.29, 1.82) is 0 Å². The summed E-state index contributed by atoms with van der Waals surface area (Å²) in [5.41, 5.74) is 1.87. The van der Waals surface area contributed by atoms with Crippen molar-refractivity contribution in [3.05, 3.63) is 66.6 Å². The van der Waals surface area contributed by atoms with E-state index in [0.717, 1.165) is 48.5 Å². The van der Waals surface area contributed by atoms with Gasteiger partial charge in [0.1, 0.15) is 29.2 Å². The summed E-state index contributed by atoms with van der Waals surface area (Å²) in [5.74, 6) is 2.30. The molecule has 8 nitrogen and oxygen atoms in total. The number of piperidine rings is 1. The van der Waals surface area contributed by atoms with Crippen LogP contribution in [0, 0.1) is 0 Å². The topological polar surface area (TPSA) is 82.4 Å². The SMILES string of the molecule is COc1ccc2c(c1)OC1(CCN(c3ncnc4c3cnn4-c3ccccc3)CC1)CC2=O. The summed E-state index contributed by atoms with van der Waals surface area (Å²) in [5, 5.41) is 5.47. The number of benzene rings is 2. The Morgan fingerprint density at radius 3 is 2.67 bits per heavy atom. The van der Waals surface area contributed by atoms with Crippen LogP contribution in [-0.4, -0.2) is 51.3 Å². The fourth-order valence-electron chi connectivity index (χ4n) is 4.85. The van der Waals surface area contributed by atoms with E-state index in [1.54, 1.807) is 25.6 Å². The van der Waals surface area contributed by atoms with E-state index >= 15 is 0 Å². The van der Waals surface area contributed by atoms with Gasteiger partial charge in [0.2, 0.25) is 0 Å². The Bertz CT molecular complexity index is 1340. The molecule has 0 bridgehead atoms. The third kappa shape index (κ3) is 3.29. The lowest BCUT2D eigenvalue weighted by Gasteiger charge is -2.44. The van der Waals surface area contributed by atoms with Gasteiger partial charge in [-0.15, -0.1) is 0 Å². The van der Waals surface area contributed by atoms with Gasteiger partial charge in [-0.05, 0) is 24.3 Å². The van der Waals surface area contributed by atoms with E-state index < -0.39 is 5.60 Å². The number of ketones is 1. The van der Waals surface area contributed by atoms with Crippen molar-refractivity contribution < 1.29 is 14.3 Å². The molecule has 33 heavy (non-hydrogen) atoms. The summed E-state index contributed by atoms with van der Waals surface area (Å²) in [6, 6.07) is 15.4. The molecule has 1 saturated heterocycles. The van der Waals surface area contributed by atoms with Crippen LogP contribution in [0.15, 0.2) is 61.1 Å². The van der Waals surface area contributed by atoms with Gasteiger partial charge >= 0.3 is 0 Å². The molecular formula is C25H23N5O3. The fraction of sp³-hybridized carbons (Fsp3) is 0.280. The summed E-state index contributed by atoms with van der Waals surface area (Å²) in [4.78, 5) is 24.2. The van der Waals surface area contributed by atoms with E-state index in [1.807, 2.05) is 47.3 Å². The third-order valence-corrected chi connectivity index (χ3v) is 6.62. The van der Waals surface area contributed by atoms with E-state index in [9.17, 15) is 4.79 Å². The largest absolute Gasteiger partial charge is 0.497 e. The smallest absolute Gasteiger partial charge is 0.170 e. The second-order valence-electron chi connectivity index (χ2n) is 8.56. The van der Waals surface area contributed by atoms with Crippen LogP contribution >= 0.6 is 0 Å². The van der Waals surface area contributed by atoms with Gasteiger partial charge in [-0.2, -0.15) is 5.10 Å². The lowest BCUT2D eigenvalue weighted by Crippen LogP contribution is -2.51. The summed E-state index contributed by atoms with van der Waals surface area (Å²) in [6.07, 6.45) is 5.27. The molecule has 4 aromatic rings. The van der Waals surface area contributed by atoms with Gasteiger partial charge in [-0.1, -0.05) is 18.2 Å². The van der Waals surface area contributed by atoms with Gasteiger partial charge in [0.05, 0.1) is 36.4 Å². The molecule has 166 valence electrons. The van der Waals surface area contributed by atoms with Crippen LogP contribution in [0.25, 0.3) is 16.7 Å². The number of fused-ring (bicyclic) bond motifs is 2. The lowest BCUT2D eigenvalue weighted by molar-refractivity contribution is 0.0230. The molecule has 8 heteroatoms. The zero-order chi connectivity index (χ0) is 22.4. The number of ether oxygens (including phenoxy) is 2. The normalized spacial score (nSPS) is 17.1. The number of methoxy groups -OCH3 is 1. The molecule has 4 heterocycles. The highest BCUT2D eigenvalue weighted by molar-refractivity contribution is 6.00. The van der Waals surface area contributed by atoms with Crippen molar-refractivity contribution in [3.8, 4) is 17.2 Å². The zero-order valence-corrected chi connectivity index (χ0v) is 18.3. The summed E-state index contributed by atoms with van der Waals surface area (Å²) >= 11 is 0. The minimum atomic E-state index is -0.493. The minimum absolute atomic E-state index is 0.126. The monoisotopic (exact) mass is 441 g/mol. The number of hydrogen-bond donors (Lipinski definition) is 0. The Morgan fingerprint density at radius 1 is 1.06 bits per heavy atom. The number of Topliss-reactive ketones (excluding diaryl/α,β-unsaturated/α-hetero) is 1. The third-order valence-electron chi connectivity index (χ3n) is 6.62. The molecule has 1 spiro atoms. The molecular weight excluding hydrogens is 418 g/mol. The van der Waals surface area contributed by atoms with Gasteiger partial charge < -0.3 is 14.4 Å². The number of hydrogen-bond acceptors (Lipinski definition) is 7. The lowest BCUT2D eigenvalue weighted by atomic mass is 9.82. The van der Waals surface area contributed by atoms with Crippen LogP contribution in [0.5, 0.6) is 11.5 Å².